The largest absolute Gasteiger partial charge is 0.497 e. The van der Waals surface area contributed by atoms with Crippen LogP contribution in [0.4, 0.5) is 0 Å². The summed E-state index contributed by atoms with van der Waals surface area (Å²) in [6.07, 6.45) is 2.51. The number of likely N-dealkylation sites (tertiary alicyclic amines) is 1. The molecule has 1 aliphatic rings. The quantitative estimate of drug-likeness (QED) is 0.771. The molecule has 3 rings (SSSR count). The summed E-state index contributed by atoms with van der Waals surface area (Å²) in [4.78, 5) is 2.52. The number of methoxy groups -OCH3 is 1. The number of hydrogen-bond acceptors (Lipinski definition) is 2. The Kier molecular flexibility index (Phi) is 5.56. The van der Waals surface area contributed by atoms with Gasteiger partial charge in [-0.15, -0.1) is 0 Å². The Balaban J connectivity index is 1.83. The number of rotatable bonds is 3. The molecule has 0 bridgehead atoms. The highest BCUT2D eigenvalue weighted by molar-refractivity contribution is 5.40. The third-order valence-electron chi connectivity index (χ3n) is 4.74. The molecule has 0 spiro atoms. The summed E-state index contributed by atoms with van der Waals surface area (Å²) in [6, 6.07) is 18.8. The molecule has 0 radical (unpaired) electrons. The summed E-state index contributed by atoms with van der Waals surface area (Å²) in [5, 5.41) is 0. The molecule has 0 aliphatic carbocycles. The highest BCUT2D eigenvalue weighted by Gasteiger charge is 2.23. The number of nitrogens with zero attached hydrogens (tertiary/aromatic N) is 1. The van der Waals surface area contributed by atoms with Gasteiger partial charge in [-0.1, -0.05) is 49.1 Å². The molecule has 1 atom stereocenters. The van der Waals surface area contributed by atoms with Gasteiger partial charge in [0.15, 0.2) is 0 Å². The molecule has 1 unspecified atom stereocenters. The fraction of sp³-hybridized carbons (Fsp3) is 0.364. The maximum atomic E-state index is 5.21. The second kappa shape index (κ2) is 8.04. The molecule has 2 heteroatoms. The fourth-order valence-corrected chi connectivity index (χ4v) is 3.13. The molecule has 124 valence electrons. The number of hydrogen-bond donors (Lipinski definition) is 0. The lowest BCUT2D eigenvalue weighted by Gasteiger charge is -2.34. The highest BCUT2D eigenvalue weighted by Crippen LogP contribution is 2.26. The molecule has 2 nitrogen and oxygen atoms in total. The molecule has 24 heavy (non-hydrogen) atoms. The number of benzene rings is 2. The van der Waals surface area contributed by atoms with Crippen molar-refractivity contribution in [2.45, 2.75) is 25.8 Å². The van der Waals surface area contributed by atoms with Crippen molar-refractivity contribution in [3.8, 4) is 17.6 Å². The second-order valence-electron chi connectivity index (χ2n) is 6.53. The second-order valence-corrected chi connectivity index (χ2v) is 6.53. The minimum absolute atomic E-state index is 0.167. The van der Waals surface area contributed by atoms with Gasteiger partial charge in [0.25, 0.3) is 0 Å². The lowest BCUT2D eigenvalue weighted by Crippen LogP contribution is -2.35. The zero-order chi connectivity index (χ0) is 16.8. The van der Waals surface area contributed by atoms with Gasteiger partial charge < -0.3 is 4.74 Å². The standard InChI is InChI=1S/C22H25NO/c1-18-14-16-23(17-15-18)22(20-6-4-3-5-7-20)13-10-19-8-11-21(24-2)12-9-19/h3-9,11-12,18,22H,14-17H2,1-2H3. The maximum Gasteiger partial charge on any atom is 0.118 e. The molecule has 1 fully saturated rings. The lowest BCUT2D eigenvalue weighted by molar-refractivity contribution is 0.166. The molecule has 1 aliphatic heterocycles. The molecule has 0 N–H and O–H groups in total. The molecule has 2 aromatic carbocycles. The van der Waals surface area contributed by atoms with Crippen molar-refractivity contribution in [3.63, 3.8) is 0 Å². The molecular formula is C22H25NO. The van der Waals surface area contributed by atoms with E-state index in [1.165, 1.54) is 18.4 Å². The predicted molar refractivity (Wildman–Crippen MR) is 99.0 cm³/mol. The van der Waals surface area contributed by atoms with E-state index in [-0.39, 0.29) is 6.04 Å². The van der Waals surface area contributed by atoms with Gasteiger partial charge in [0.2, 0.25) is 0 Å². The average Bonchev–Trinajstić information content (AvgIpc) is 2.65. The van der Waals surface area contributed by atoms with Crippen LogP contribution in [0.2, 0.25) is 0 Å². The summed E-state index contributed by atoms with van der Waals surface area (Å²) in [5.41, 5.74) is 2.31. The first kappa shape index (κ1) is 16.6. The summed E-state index contributed by atoms with van der Waals surface area (Å²) in [7, 11) is 1.68. The first-order valence-electron chi connectivity index (χ1n) is 8.71. The summed E-state index contributed by atoms with van der Waals surface area (Å²) in [5.74, 6) is 8.56. The van der Waals surface area contributed by atoms with E-state index in [1.54, 1.807) is 7.11 Å². The third kappa shape index (κ3) is 4.19. The zero-order valence-corrected chi connectivity index (χ0v) is 14.5. The van der Waals surface area contributed by atoms with E-state index < -0.39 is 0 Å². The first-order chi connectivity index (χ1) is 11.8. The Hall–Kier alpha value is -2.24. The lowest BCUT2D eigenvalue weighted by atomic mass is 9.96. The normalized spacial score (nSPS) is 16.9. The van der Waals surface area contributed by atoms with Gasteiger partial charge in [0.05, 0.1) is 13.2 Å². The molecule has 0 aromatic heterocycles. The molecule has 0 saturated carbocycles. The Morgan fingerprint density at radius 3 is 2.29 bits per heavy atom. The first-order valence-corrected chi connectivity index (χ1v) is 8.71. The summed E-state index contributed by atoms with van der Waals surface area (Å²) in [6.45, 7) is 4.59. The van der Waals surface area contributed by atoms with Crippen LogP contribution in [0.25, 0.3) is 0 Å². The van der Waals surface area contributed by atoms with Crippen LogP contribution in [0.1, 0.15) is 36.9 Å². The number of piperidine rings is 1. The molecule has 1 heterocycles. The van der Waals surface area contributed by atoms with E-state index >= 15 is 0 Å². The monoisotopic (exact) mass is 319 g/mol. The van der Waals surface area contributed by atoms with E-state index in [9.17, 15) is 0 Å². The van der Waals surface area contributed by atoms with Gasteiger partial charge in [-0.25, -0.2) is 0 Å². The van der Waals surface area contributed by atoms with E-state index in [0.29, 0.717) is 0 Å². The van der Waals surface area contributed by atoms with Gasteiger partial charge in [-0.3, -0.25) is 4.90 Å². The van der Waals surface area contributed by atoms with E-state index in [2.05, 4.69) is 54.0 Å². The van der Waals surface area contributed by atoms with Crippen LogP contribution in [-0.2, 0) is 0 Å². The zero-order valence-electron chi connectivity index (χ0n) is 14.5. The molecular weight excluding hydrogens is 294 g/mol. The van der Waals surface area contributed by atoms with Crippen molar-refractivity contribution >= 4 is 0 Å². The van der Waals surface area contributed by atoms with Crippen LogP contribution < -0.4 is 4.74 Å². The third-order valence-corrected chi connectivity index (χ3v) is 4.74. The molecule has 2 aromatic rings. The smallest absolute Gasteiger partial charge is 0.118 e. The van der Waals surface area contributed by atoms with Crippen LogP contribution >= 0.6 is 0 Å². The SMILES string of the molecule is COc1ccc(C#CC(c2ccccc2)N2CCC(C)CC2)cc1. The summed E-state index contributed by atoms with van der Waals surface area (Å²) >= 11 is 0. The Morgan fingerprint density at radius 2 is 1.67 bits per heavy atom. The van der Waals surface area contributed by atoms with Crippen LogP contribution in [0.15, 0.2) is 54.6 Å². The minimum atomic E-state index is 0.167. The Bertz CT molecular complexity index is 688. The van der Waals surface area contributed by atoms with E-state index in [1.807, 2.05) is 24.3 Å². The van der Waals surface area contributed by atoms with E-state index in [4.69, 9.17) is 4.74 Å². The minimum Gasteiger partial charge on any atom is -0.497 e. The molecule has 0 amide bonds. The highest BCUT2D eigenvalue weighted by atomic mass is 16.5. The fourth-order valence-electron chi connectivity index (χ4n) is 3.13. The Morgan fingerprint density at radius 1 is 1.00 bits per heavy atom. The average molecular weight is 319 g/mol. The van der Waals surface area contributed by atoms with E-state index in [0.717, 1.165) is 30.3 Å². The number of ether oxygens (including phenoxy) is 1. The maximum absolute atomic E-state index is 5.21. The van der Waals surface area contributed by atoms with Crippen molar-refractivity contribution in [1.82, 2.24) is 4.90 Å². The van der Waals surface area contributed by atoms with Crippen molar-refractivity contribution in [2.24, 2.45) is 5.92 Å². The van der Waals surface area contributed by atoms with Crippen molar-refractivity contribution in [3.05, 3.63) is 65.7 Å². The van der Waals surface area contributed by atoms with Gasteiger partial charge >= 0.3 is 0 Å². The Labute approximate surface area is 145 Å². The van der Waals surface area contributed by atoms with Crippen LogP contribution in [0.3, 0.4) is 0 Å². The molecule has 1 saturated heterocycles. The van der Waals surface area contributed by atoms with Gasteiger partial charge in [0.1, 0.15) is 5.75 Å². The van der Waals surface area contributed by atoms with Crippen LogP contribution in [-0.4, -0.2) is 25.1 Å². The van der Waals surface area contributed by atoms with Crippen molar-refractivity contribution in [1.29, 1.82) is 0 Å². The topological polar surface area (TPSA) is 12.5 Å². The predicted octanol–water partition coefficient (Wildman–Crippen LogP) is 4.52. The summed E-state index contributed by atoms with van der Waals surface area (Å²) < 4.78 is 5.21. The van der Waals surface area contributed by atoms with Crippen LogP contribution in [0, 0.1) is 17.8 Å². The van der Waals surface area contributed by atoms with Gasteiger partial charge in [-0.05, 0) is 61.7 Å². The van der Waals surface area contributed by atoms with Crippen LogP contribution in [0.5, 0.6) is 5.75 Å². The van der Waals surface area contributed by atoms with Crippen molar-refractivity contribution in [2.75, 3.05) is 20.2 Å². The van der Waals surface area contributed by atoms with Gasteiger partial charge in [-0.2, -0.15) is 0 Å². The van der Waals surface area contributed by atoms with Crippen molar-refractivity contribution < 1.29 is 4.74 Å². The van der Waals surface area contributed by atoms with Gasteiger partial charge in [0, 0.05) is 5.56 Å².